The third kappa shape index (κ3) is 3.91. The van der Waals surface area contributed by atoms with Crippen LogP contribution in [0.5, 0.6) is 11.5 Å². The Balaban J connectivity index is 1.37. The number of carbonyl (C=O) groups excluding carboxylic acids is 2. The van der Waals surface area contributed by atoms with Crippen molar-refractivity contribution < 1.29 is 23.8 Å². The molecule has 8 heteroatoms. The fourth-order valence-electron chi connectivity index (χ4n) is 2.88. The first-order valence-electron chi connectivity index (χ1n) is 9.04. The van der Waals surface area contributed by atoms with Gasteiger partial charge in [-0.05, 0) is 56.3 Å². The zero-order chi connectivity index (χ0) is 20.4. The molecule has 1 aromatic heterocycles. The maximum absolute atomic E-state index is 12.4. The molecule has 3 aromatic rings. The number of anilines is 1. The lowest BCUT2D eigenvalue weighted by atomic mass is 10.2. The van der Waals surface area contributed by atoms with E-state index in [1.54, 1.807) is 53.3 Å². The van der Waals surface area contributed by atoms with Crippen LogP contribution >= 0.6 is 0 Å². The molecule has 29 heavy (non-hydrogen) atoms. The summed E-state index contributed by atoms with van der Waals surface area (Å²) in [6, 6.07) is 13.8. The molecule has 0 saturated heterocycles. The molecular formula is C21H19N3O5. The van der Waals surface area contributed by atoms with E-state index in [1.807, 2.05) is 13.0 Å². The molecule has 2 aromatic carbocycles. The van der Waals surface area contributed by atoms with Crippen molar-refractivity contribution in [1.29, 1.82) is 0 Å². The van der Waals surface area contributed by atoms with E-state index in [2.05, 4.69) is 10.4 Å². The first-order valence-corrected chi connectivity index (χ1v) is 9.04. The van der Waals surface area contributed by atoms with Crippen LogP contribution in [0, 0.1) is 6.92 Å². The highest BCUT2D eigenvalue weighted by atomic mass is 16.7. The normalized spacial score (nSPS) is 13.0. The van der Waals surface area contributed by atoms with E-state index in [0.29, 0.717) is 22.7 Å². The third-order valence-corrected chi connectivity index (χ3v) is 4.47. The van der Waals surface area contributed by atoms with Gasteiger partial charge in [-0.1, -0.05) is 0 Å². The van der Waals surface area contributed by atoms with Gasteiger partial charge in [-0.15, -0.1) is 0 Å². The molecule has 1 unspecified atom stereocenters. The Bertz CT molecular complexity index is 1060. The maximum atomic E-state index is 12.4. The second-order valence-electron chi connectivity index (χ2n) is 6.54. The Hall–Kier alpha value is -3.81. The molecule has 0 radical (unpaired) electrons. The van der Waals surface area contributed by atoms with Crippen molar-refractivity contribution in [1.82, 2.24) is 9.78 Å². The van der Waals surface area contributed by atoms with Gasteiger partial charge < -0.3 is 19.5 Å². The van der Waals surface area contributed by atoms with Gasteiger partial charge in [0.05, 0.1) is 11.3 Å². The van der Waals surface area contributed by atoms with Crippen LogP contribution in [0.4, 0.5) is 5.69 Å². The quantitative estimate of drug-likeness (QED) is 0.670. The summed E-state index contributed by atoms with van der Waals surface area (Å²) in [5, 5.41) is 6.92. The van der Waals surface area contributed by atoms with Crippen LogP contribution in [0.25, 0.3) is 5.69 Å². The fraction of sp³-hybridized carbons (Fsp3) is 0.190. The molecule has 1 atom stereocenters. The van der Waals surface area contributed by atoms with E-state index in [1.165, 1.54) is 6.92 Å². The summed E-state index contributed by atoms with van der Waals surface area (Å²) in [5.41, 5.74) is 2.69. The van der Waals surface area contributed by atoms with Gasteiger partial charge >= 0.3 is 5.97 Å². The number of aryl methyl sites for hydroxylation is 1. The number of fused-ring (bicyclic) bond motifs is 1. The molecule has 1 N–H and O–H groups in total. The number of hydrogen-bond acceptors (Lipinski definition) is 6. The average molecular weight is 393 g/mol. The van der Waals surface area contributed by atoms with Gasteiger partial charge in [0, 0.05) is 23.6 Å². The lowest BCUT2D eigenvalue weighted by Crippen LogP contribution is -2.30. The van der Waals surface area contributed by atoms with Crippen molar-refractivity contribution in [2.24, 2.45) is 0 Å². The topological polar surface area (TPSA) is 91.7 Å². The maximum Gasteiger partial charge on any atom is 0.338 e. The summed E-state index contributed by atoms with van der Waals surface area (Å²) in [6.45, 7) is 3.61. The molecule has 0 aliphatic carbocycles. The van der Waals surface area contributed by atoms with Crippen LogP contribution in [0.2, 0.25) is 0 Å². The van der Waals surface area contributed by atoms with E-state index >= 15 is 0 Å². The number of rotatable bonds is 5. The van der Waals surface area contributed by atoms with Crippen LogP contribution in [0.1, 0.15) is 23.0 Å². The summed E-state index contributed by atoms with van der Waals surface area (Å²) < 4.78 is 17.6. The van der Waals surface area contributed by atoms with Gasteiger partial charge in [0.25, 0.3) is 5.91 Å². The van der Waals surface area contributed by atoms with Crippen molar-refractivity contribution in [2.45, 2.75) is 20.0 Å². The molecule has 0 saturated carbocycles. The van der Waals surface area contributed by atoms with E-state index in [-0.39, 0.29) is 6.79 Å². The zero-order valence-electron chi connectivity index (χ0n) is 15.9. The van der Waals surface area contributed by atoms with Crippen LogP contribution in [0.3, 0.4) is 0 Å². The summed E-state index contributed by atoms with van der Waals surface area (Å²) in [5.74, 6) is 0.152. The average Bonchev–Trinajstić information content (AvgIpc) is 3.36. The Morgan fingerprint density at radius 2 is 1.86 bits per heavy atom. The van der Waals surface area contributed by atoms with Gasteiger partial charge in [0.1, 0.15) is 0 Å². The first kappa shape index (κ1) is 18.5. The minimum absolute atomic E-state index is 0.152. The Labute approximate surface area is 167 Å². The van der Waals surface area contributed by atoms with Crippen LogP contribution in [-0.2, 0) is 9.53 Å². The molecule has 0 bridgehead atoms. The Morgan fingerprint density at radius 1 is 1.10 bits per heavy atom. The standard InChI is InChI=1S/C21H19N3O5/c1-13-9-10-22-24(13)17-6-3-15(4-7-17)21(26)29-14(2)20(25)23-16-5-8-18-19(11-16)28-12-27-18/h3-11,14H,12H2,1-2H3,(H,23,25). The van der Waals surface area contributed by atoms with Gasteiger partial charge in [0.15, 0.2) is 17.6 Å². The number of esters is 1. The highest BCUT2D eigenvalue weighted by Crippen LogP contribution is 2.34. The van der Waals surface area contributed by atoms with Gasteiger partial charge in [0.2, 0.25) is 6.79 Å². The highest BCUT2D eigenvalue weighted by Gasteiger charge is 2.20. The van der Waals surface area contributed by atoms with Crippen LogP contribution < -0.4 is 14.8 Å². The molecule has 0 fully saturated rings. The Kier molecular flexibility index (Phi) is 4.90. The van der Waals surface area contributed by atoms with Crippen molar-refractivity contribution in [3.8, 4) is 17.2 Å². The van der Waals surface area contributed by atoms with E-state index in [4.69, 9.17) is 14.2 Å². The minimum Gasteiger partial charge on any atom is -0.454 e. The molecule has 2 heterocycles. The summed E-state index contributed by atoms with van der Waals surface area (Å²) in [6.07, 6.45) is 0.735. The van der Waals surface area contributed by atoms with Gasteiger partial charge in [-0.2, -0.15) is 5.10 Å². The number of carbonyl (C=O) groups is 2. The predicted molar refractivity (Wildman–Crippen MR) is 104 cm³/mol. The smallest absolute Gasteiger partial charge is 0.338 e. The molecule has 1 aliphatic heterocycles. The molecule has 1 amide bonds. The Morgan fingerprint density at radius 3 is 2.59 bits per heavy atom. The van der Waals surface area contributed by atoms with Crippen molar-refractivity contribution >= 4 is 17.6 Å². The zero-order valence-corrected chi connectivity index (χ0v) is 15.9. The lowest BCUT2D eigenvalue weighted by molar-refractivity contribution is -0.123. The van der Waals surface area contributed by atoms with E-state index in [0.717, 1.165) is 11.4 Å². The number of nitrogens with one attached hydrogen (secondary N) is 1. The van der Waals surface area contributed by atoms with Crippen molar-refractivity contribution in [3.05, 3.63) is 66.0 Å². The van der Waals surface area contributed by atoms with E-state index < -0.39 is 18.0 Å². The first-order chi connectivity index (χ1) is 14.0. The van der Waals surface area contributed by atoms with Gasteiger partial charge in [-0.3, -0.25) is 4.79 Å². The monoisotopic (exact) mass is 393 g/mol. The second-order valence-corrected chi connectivity index (χ2v) is 6.54. The summed E-state index contributed by atoms with van der Waals surface area (Å²) in [7, 11) is 0. The summed E-state index contributed by atoms with van der Waals surface area (Å²) >= 11 is 0. The highest BCUT2D eigenvalue weighted by molar-refractivity contribution is 5.97. The minimum atomic E-state index is -0.971. The van der Waals surface area contributed by atoms with Gasteiger partial charge in [-0.25, -0.2) is 9.48 Å². The molecule has 148 valence electrons. The fourth-order valence-corrected chi connectivity index (χ4v) is 2.88. The molecule has 4 rings (SSSR count). The molecule has 1 aliphatic rings. The second kappa shape index (κ2) is 7.67. The number of hydrogen-bond donors (Lipinski definition) is 1. The molecule has 0 spiro atoms. The number of benzene rings is 2. The number of nitrogens with zero attached hydrogens (tertiary/aromatic N) is 2. The third-order valence-electron chi connectivity index (χ3n) is 4.47. The lowest BCUT2D eigenvalue weighted by Gasteiger charge is -2.14. The number of aromatic nitrogens is 2. The van der Waals surface area contributed by atoms with Crippen molar-refractivity contribution in [2.75, 3.05) is 12.1 Å². The summed E-state index contributed by atoms with van der Waals surface area (Å²) in [4.78, 5) is 24.7. The van der Waals surface area contributed by atoms with E-state index in [9.17, 15) is 9.59 Å². The van der Waals surface area contributed by atoms with Crippen LogP contribution in [-0.4, -0.2) is 34.6 Å². The SMILES string of the molecule is Cc1ccnn1-c1ccc(C(=O)OC(C)C(=O)Nc2ccc3c(c2)OCO3)cc1. The number of amides is 1. The predicted octanol–water partition coefficient (Wildman–Crippen LogP) is 3.09. The van der Waals surface area contributed by atoms with Crippen molar-refractivity contribution in [3.63, 3.8) is 0 Å². The van der Waals surface area contributed by atoms with Crippen LogP contribution in [0.15, 0.2) is 54.7 Å². The molecular weight excluding hydrogens is 374 g/mol. The number of ether oxygens (including phenoxy) is 3. The largest absolute Gasteiger partial charge is 0.454 e. The molecule has 8 nitrogen and oxygen atoms in total.